The van der Waals surface area contributed by atoms with Crippen LogP contribution < -0.4 is 10.6 Å². The second-order valence-corrected chi connectivity index (χ2v) is 7.20. The highest BCUT2D eigenvalue weighted by atomic mass is 19.1. The maximum Gasteiger partial charge on any atom is 0.237 e. The molecule has 2 atom stereocenters. The number of hydrogen-bond donors (Lipinski definition) is 2. The molecule has 2 aromatic rings. The third-order valence-corrected chi connectivity index (χ3v) is 5.03. The summed E-state index contributed by atoms with van der Waals surface area (Å²) in [4.78, 5) is 26.6. The van der Waals surface area contributed by atoms with E-state index in [2.05, 4.69) is 17.6 Å². The quantitative estimate of drug-likeness (QED) is 0.646. The summed E-state index contributed by atoms with van der Waals surface area (Å²) in [5.41, 5.74) is 2.00. The highest BCUT2D eigenvalue weighted by molar-refractivity contribution is 5.83. The molecule has 5 nitrogen and oxygen atoms in total. The molecule has 0 aliphatic rings. The van der Waals surface area contributed by atoms with Crippen LogP contribution in [-0.2, 0) is 16.1 Å². The smallest absolute Gasteiger partial charge is 0.237 e. The molecule has 2 N–H and O–H groups in total. The molecular weight excluding hydrogens is 369 g/mol. The zero-order valence-corrected chi connectivity index (χ0v) is 17.3. The van der Waals surface area contributed by atoms with Crippen LogP contribution in [0.15, 0.2) is 54.6 Å². The van der Waals surface area contributed by atoms with E-state index in [1.807, 2.05) is 42.2 Å². The molecular formula is C23H30FN3O2. The topological polar surface area (TPSA) is 61.4 Å². The third-order valence-electron chi connectivity index (χ3n) is 5.03. The Hall–Kier alpha value is -2.73. The molecule has 29 heavy (non-hydrogen) atoms. The lowest BCUT2D eigenvalue weighted by molar-refractivity contribution is -0.128. The van der Waals surface area contributed by atoms with Crippen molar-refractivity contribution in [1.82, 2.24) is 15.5 Å². The summed E-state index contributed by atoms with van der Waals surface area (Å²) < 4.78 is 12.9. The van der Waals surface area contributed by atoms with E-state index < -0.39 is 6.04 Å². The van der Waals surface area contributed by atoms with Crippen molar-refractivity contribution in [2.45, 2.75) is 39.3 Å². The van der Waals surface area contributed by atoms with Crippen molar-refractivity contribution >= 4 is 11.8 Å². The van der Waals surface area contributed by atoms with E-state index in [0.717, 1.165) is 5.56 Å². The van der Waals surface area contributed by atoms with E-state index in [1.54, 1.807) is 19.1 Å². The summed E-state index contributed by atoms with van der Waals surface area (Å²) in [5.74, 6) is -0.366. The minimum Gasteiger partial charge on any atom is -0.354 e. The number of nitrogens with one attached hydrogen (secondary N) is 2. The number of likely N-dealkylation sites (N-methyl/N-ethyl adjacent to an activating group) is 1. The van der Waals surface area contributed by atoms with Crippen molar-refractivity contribution in [3.05, 3.63) is 71.5 Å². The Morgan fingerprint density at radius 2 is 1.66 bits per heavy atom. The van der Waals surface area contributed by atoms with E-state index in [-0.39, 0.29) is 30.1 Å². The van der Waals surface area contributed by atoms with Crippen LogP contribution in [0.3, 0.4) is 0 Å². The Morgan fingerprint density at radius 3 is 2.28 bits per heavy atom. The number of halogens is 1. The standard InChI is InChI=1S/C23H30FN3O2/c1-4-27(16-22(28)25-15-19-10-12-21(24)13-11-19)18(3)23(29)26-14-17(2)20-8-6-5-7-9-20/h5-13,17-18H,4,14-16H2,1-3H3,(H,25,28)(H,26,29). The Balaban J connectivity index is 1.80. The molecule has 0 radical (unpaired) electrons. The van der Waals surface area contributed by atoms with Gasteiger partial charge in [-0.3, -0.25) is 14.5 Å². The van der Waals surface area contributed by atoms with E-state index in [4.69, 9.17) is 0 Å². The lowest BCUT2D eigenvalue weighted by Gasteiger charge is -2.27. The number of carbonyl (C=O) groups excluding carboxylic acids is 2. The monoisotopic (exact) mass is 399 g/mol. The van der Waals surface area contributed by atoms with Gasteiger partial charge in [-0.05, 0) is 42.6 Å². The van der Waals surface area contributed by atoms with Gasteiger partial charge in [0.2, 0.25) is 11.8 Å². The fourth-order valence-electron chi connectivity index (χ4n) is 3.03. The second kappa shape index (κ2) is 11.3. The van der Waals surface area contributed by atoms with E-state index in [1.165, 1.54) is 17.7 Å². The van der Waals surface area contributed by atoms with Crippen LogP contribution in [0.4, 0.5) is 4.39 Å². The van der Waals surface area contributed by atoms with Gasteiger partial charge in [-0.2, -0.15) is 0 Å². The van der Waals surface area contributed by atoms with Crippen LogP contribution in [0.25, 0.3) is 0 Å². The van der Waals surface area contributed by atoms with Crippen molar-refractivity contribution < 1.29 is 14.0 Å². The molecule has 0 aliphatic heterocycles. The van der Waals surface area contributed by atoms with Gasteiger partial charge in [-0.15, -0.1) is 0 Å². The predicted octanol–water partition coefficient (Wildman–Crippen LogP) is 3.07. The first-order chi connectivity index (χ1) is 13.9. The minimum absolute atomic E-state index is 0.0963. The second-order valence-electron chi connectivity index (χ2n) is 7.20. The van der Waals surface area contributed by atoms with Crippen LogP contribution in [0.2, 0.25) is 0 Å². The number of rotatable bonds is 10. The van der Waals surface area contributed by atoms with Crippen LogP contribution >= 0.6 is 0 Å². The number of amides is 2. The van der Waals surface area contributed by atoms with Crippen LogP contribution in [0, 0.1) is 5.82 Å². The van der Waals surface area contributed by atoms with Crippen molar-refractivity contribution in [3.63, 3.8) is 0 Å². The Morgan fingerprint density at radius 1 is 1.00 bits per heavy atom. The van der Waals surface area contributed by atoms with Crippen LogP contribution in [0.1, 0.15) is 37.8 Å². The normalized spacial score (nSPS) is 13.0. The summed E-state index contributed by atoms with van der Waals surface area (Å²) in [7, 11) is 0. The summed E-state index contributed by atoms with van der Waals surface area (Å²) in [6.07, 6.45) is 0. The molecule has 156 valence electrons. The summed E-state index contributed by atoms with van der Waals surface area (Å²) >= 11 is 0. The SMILES string of the molecule is CCN(CC(=O)NCc1ccc(F)cc1)C(C)C(=O)NCC(C)c1ccccc1. The number of benzene rings is 2. The van der Waals surface area contributed by atoms with E-state index in [9.17, 15) is 14.0 Å². The lowest BCUT2D eigenvalue weighted by atomic mass is 10.0. The largest absolute Gasteiger partial charge is 0.354 e. The average molecular weight is 400 g/mol. The molecule has 2 amide bonds. The van der Waals surface area contributed by atoms with Gasteiger partial charge in [0.1, 0.15) is 5.82 Å². The van der Waals surface area contributed by atoms with Crippen LogP contribution in [-0.4, -0.2) is 42.4 Å². The summed E-state index contributed by atoms with van der Waals surface area (Å²) in [6, 6.07) is 15.6. The van der Waals surface area contributed by atoms with Crippen molar-refractivity contribution in [1.29, 1.82) is 0 Å². The molecule has 0 saturated heterocycles. The summed E-state index contributed by atoms with van der Waals surface area (Å²) in [5, 5.41) is 5.80. The van der Waals surface area contributed by atoms with Crippen LogP contribution in [0.5, 0.6) is 0 Å². The molecule has 6 heteroatoms. The van der Waals surface area contributed by atoms with Gasteiger partial charge in [0.05, 0.1) is 12.6 Å². The molecule has 2 unspecified atom stereocenters. The first-order valence-electron chi connectivity index (χ1n) is 9.98. The Bertz CT molecular complexity index is 780. The van der Waals surface area contributed by atoms with Gasteiger partial charge in [0, 0.05) is 13.1 Å². The van der Waals surface area contributed by atoms with Gasteiger partial charge < -0.3 is 10.6 Å². The first-order valence-corrected chi connectivity index (χ1v) is 9.98. The Labute approximate surface area is 172 Å². The number of nitrogens with zero attached hydrogens (tertiary/aromatic N) is 1. The highest BCUT2D eigenvalue weighted by Gasteiger charge is 2.22. The molecule has 0 heterocycles. The van der Waals surface area contributed by atoms with E-state index >= 15 is 0 Å². The minimum atomic E-state index is -0.417. The molecule has 0 aromatic heterocycles. The van der Waals surface area contributed by atoms with Gasteiger partial charge in [0.25, 0.3) is 0 Å². The molecule has 0 fully saturated rings. The average Bonchev–Trinajstić information content (AvgIpc) is 2.75. The third kappa shape index (κ3) is 7.31. The molecule has 2 rings (SSSR count). The van der Waals surface area contributed by atoms with E-state index in [0.29, 0.717) is 19.6 Å². The molecule has 0 spiro atoms. The number of carbonyl (C=O) groups is 2. The van der Waals surface area contributed by atoms with Crippen molar-refractivity contribution in [2.75, 3.05) is 19.6 Å². The molecule has 2 aromatic carbocycles. The zero-order chi connectivity index (χ0) is 21.2. The highest BCUT2D eigenvalue weighted by Crippen LogP contribution is 2.13. The summed E-state index contributed by atoms with van der Waals surface area (Å²) in [6.45, 7) is 7.37. The maximum atomic E-state index is 12.9. The van der Waals surface area contributed by atoms with Gasteiger partial charge >= 0.3 is 0 Å². The first kappa shape index (κ1) is 22.6. The van der Waals surface area contributed by atoms with Gasteiger partial charge in [-0.25, -0.2) is 4.39 Å². The Kier molecular flexibility index (Phi) is 8.80. The van der Waals surface area contributed by atoms with Gasteiger partial charge in [-0.1, -0.05) is 56.3 Å². The van der Waals surface area contributed by atoms with Gasteiger partial charge in [0.15, 0.2) is 0 Å². The van der Waals surface area contributed by atoms with Crippen molar-refractivity contribution in [3.8, 4) is 0 Å². The molecule has 0 bridgehead atoms. The molecule has 0 saturated carbocycles. The number of hydrogen-bond acceptors (Lipinski definition) is 3. The lowest BCUT2D eigenvalue weighted by Crippen LogP contribution is -2.49. The fraction of sp³-hybridized carbons (Fsp3) is 0.391. The zero-order valence-electron chi connectivity index (χ0n) is 17.3. The fourth-order valence-corrected chi connectivity index (χ4v) is 3.03. The maximum absolute atomic E-state index is 12.9. The van der Waals surface area contributed by atoms with Crippen molar-refractivity contribution in [2.24, 2.45) is 0 Å². The predicted molar refractivity (Wildman–Crippen MR) is 113 cm³/mol. The molecule has 0 aliphatic carbocycles.